The van der Waals surface area contributed by atoms with Crippen LogP contribution < -0.4 is 10.6 Å². The average Bonchev–Trinajstić information content (AvgIpc) is 2.56. The van der Waals surface area contributed by atoms with Crippen molar-refractivity contribution in [1.29, 1.82) is 0 Å². The van der Waals surface area contributed by atoms with Gasteiger partial charge in [-0.15, -0.1) is 24.0 Å². The van der Waals surface area contributed by atoms with Crippen molar-refractivity contribution in [3.05, 3.63) is 35.4 Å². The zero-order valence-corrected chi connectivity index (χ0v) is 18.2. The first kappa shape index (κ1) is 25.9. The van der Waals surface area contributed by atoms with Crippen molar-refractivity contribution < 1.29 is 23.0 Å². The van der Waals surface area contributed by atoms with Gasteiger partial charge in [0.05, 0.1) is 24.8 Å². The number of halogens is 4. The quantitative estimate of drug-likeness (QED) is 0.275. The van der Waals surface area contributed by atoms with E-state index in [0.717, 1.165) is 12.1 Å². The topological polar surface area (TPSA) is 65.9 Å². The fourth-order valence-corrected chi connectivity index (χ4v) is 2.02. The standard InChI is InChI=1S/C18H28F3N3O2.HI/c1-4-22-17(24-10-16(25)12-26-11-13(2)3)23-9-14-5-7-15(8-6-14)18(19,20)21;/h5-8,13,16,25H,4,9-12H2,1-3H3,(H2,22,23,24);1H. The third-order valence-electron chi connectivity index (χ3n) is 3.31. The van der Waals surface area contributed by atoms with E-state index in [2.05, 4.69) is 15.6 Å². The van der Waals surface area contributed by atoms with Crippen LogP contribution in [0.15, 0.2) is 29.3 Å². The molecule has 1 atom stereocenters. The molecular formula is C18H29F3IN3O2. The van der Waals surface area contributed by atoms with Gasteiger partial charge in [-0.25, -0.2) is 4.99 Å². The fourth-order valence-electron chi connectivity index (χ4n) is 2.02. The van der Waals surface area contributed by atoms with Crippen molar-refractivity contribution in [3.8, 4) is 0 Å². The summed E-state index contributed by atoms with van der Waals surface area (Å²) in [6, 6.07) is 4.90. The van der Waals surface area contributed by atoms with Gasteiger partial charge in [-0.1, -0.05) is 26.0 Å². The van der Waals surface area contributed by atoms with E-state index >= 15 is 0 Å². The average molecular weight is 503 g/mol. The van der Waals surface area contributed by atoms with Crippen LogP contribution in [0.4, 0.5) is 13.2 Å². The molecule has 1 aromatic rings. The molecule has 0 aliphatic rings. The molecule has 0 aromatic heterocycles. The van der Waals surface area contributed by atoms with Gasteiger partial charge in [0.2, 0.25) is 0 Å². The van der Waals surface area contributed by atoms with Crippen LogP contribution in [0, 0.1) is 5.92 Å². The number of hydrogen-bond acceptors (Lipinski definition) is 3. The summed E-state index contributed by atoms with van der Waals surface area (Å²) >= 11 is 0. The number of aliphatic hydroxyl groups is 1. The number of alkyl halides is 3. The molecule has 1 aromatic carbocycles. The van der Waals surface area contributed by atoms with Gasteiger partial charge in [0.15, 0.2) is 5.96 Å². The Morgan fingerprint density at radius 3 is 2.30 bits per heavy atom. The van der Waals surface area contributed by atoms with E-state index in [-0.39, 0.29) is 43.7 Å². The molecule has 0 saturated heterocycles. The lowest BCUT2D eigenvalue weighted by atomic mass is 10.1. The summed E-state index contributed by atoms with van der Waals surface area (Å²) in [5.41, 5.74) is -0.0178. The van der Waals surface area contributed by atoms with E-state index in [0.29, 0.717) is 30.6 Å². The van der Waals surface area contributed by atoms with Gasteiger partial charge in [0, 0.05) is 19.7 Å². The highest BCUT2D eigenvalue weighted by Gasteiger charge is 2.29. The molecule has 1 unspecified atom stereocenters. The van der Waals surface area contributed by atoms with Crippen molar-refractivity contribution in [2.75, 3.05) is 26.3 Å². The van der Waals surface area contributed by atoms with Crippen molar-refractivity contribution in [3.63, 3.8) is 0 Å². The molecule has 0 radical (unpaired) electrons. The zero-order chi connectivity index (χ0) is 19.6. The molecule has 27 heavy (non-hydrogen) atoms. The number of nitrogens with one attached hydrogen (secondary N) is 2. The summed E-state index contributed by atoms with van der Waals surface area (Å²) in [6.07, 6.45) is -5.02. The van der Waals surface area contributed by atoms with Crippen LogP contribution in [0.5, 0.6) is 0 Å². The smallest absolute Gasteiger partial charge is 0.389 e. The molecule has 0 saturated carbocycles. The number of guanidine groups is 1. The lowest BCUT2D eigenvalue weighted by Crippen LogP contribution is -2.42. The van der Waals surface area contributed by atoms with Crippen LogP contribution in [-0.4, -0.2) is 43.5 Å². The largest absolute Gasteiger partial charge is 0.416 e. The van der Waals surface area contributed by atoms with Crippen LogP contribution in [0.25, 0.3) is 0 Å². The SMILES string of the molecule is CCNC(=NCc1ccc(C(F)(F)F)cc1)NCC(O)COCC(C)C.I. The summed E-state index contributed by atoms with van der Waals surface area (Å²) in [6.45, 7) is 7.88. The summed E-state index contributed by atoms with van der Waals surface area (Å²) in [4.78, 5) is 4.32. The summed E-state index contributed by atoms with van der Waals surface area (Å²) in [5.74, 6) is 0.882. The first-order valence-corrected chi connectivity index (χ1v) is 8.66. The van der Waals surface area contributed by atoms with Crippen LogP contribution >= 0.6 is 24.0 Å². The van der Waals surface area contributed by atoms with Crippen LogP contribution in [0.3, 0.4) is 0 Å². The second kappa shape index (κ2) is 13.2. The maximum atomic E-state index is 12.6. The predicted molar refractivity (Wildman–Crippen MR) is 111 cm³/mol. The highest BCUT2D eigenvalue weighted by molar-refractivity contribution is 14.0. The Labute approximate surface area is 175 Å². The van der Waals surface area contributed by atoms with Crippen molar-refractivity contribution in [2.45, 2.75) is 39.6 Å². The highest BCUT2D eigenvalue weighted by Crippen LogP contribution is 2.29. The number of benzene rings is 1. The first-order chi connectivity index (χ1) is 12.2. The summed E-state index contributed by atoms with van der Waals surface area (Å²) in [7, 11) is 0. The van der Waals surface area contributed by atoms with Crippen LogP contribution in [0.1, 0.15) is 31.9 Å². The number of nitrogens with zero attached hydrogens (tertiary/aromatic N) is 1. The van der Waals surface area contributed by atoms with Crippen molar-refractivity contribution >= 4 is 29.9 Å². The molecule has 156 valence electrons. The Morgan fingerprint density at radius 2 is 1.78 bits per heavy atom. The Bertz CT molecular complexity index is 552. The molecule has 0 fully saturated rings. The number of aliphatic imine (C=N–C) groups is 1. The number of ether oxygens (including phenoxy) is 1. The van der Waals surface area contributed by atoms with E-state index in [9.17, 15) is 18.3 Å². The fraction of sp³-hybridized carbons (Fsp3) is 0.611. The summed E-state index contributed by atoms with van der Waals surface area (Å²) < 4.78 is 43.1. The molecule has 0 heterocycles. The molecule has 3 N–H and O–H groups in total. The molecule has 0 bridgehead atoms. The van der Waals surface area contributed by atoms with Gasteiger partial charge in [-0.2, -0.15) is 13.2 Å². The van der Waals surface area contributed by atoms with Gasteiger partial charge in [-0.05, 0) is 30.5 Å². The molecule has 9 heteroatoms. The van der Waals surface area contributed by atoms with E-state index < -0.39 is 17.8 Å². The molecule has 1 rings (SSSR count). The lowest BCUT2D eigenvalue weighted by Gasteiger charge is -2.16. The zero-order valence-electron chi connectivity index (χ0n) is 15.8. The maximum Gasteiger partial charge on any atom is 0.416 e. The summed E-state index contributed by atoms with van der Waals surface area (Å²) in [5, 5.41) is 15.9. The van der Waals surface area contributed by atoms with E-state index in [1.54, 1.807) is 0 Å². The van der Waals surface area contributed by atoms with Crippen LogP contribution in [0.2, 0.25) is 0 Å². The minimum Gasteiger partial charge on any atom is -0.389 e. The number of rotatable bonds is 9. The Kier molecular flexibility index (Phi) is 12.6. The Morgan fingerprint density at radius 1 is 1.15 bits per heavy atom. The normalized spacial score (nSPS) is 13.3. The van der Waals surface area contributed by atoms with Gasteiger partial charge in [0.1, 0.15) is 0 Å². The second-order valence-electron chi connectivity index (χ2n) is 6.36. The minimum absolute atomic E-state index is 0. The van der Waals surface area contributed by atoms with E-state index in [1.165, 1.54) is 12.1 Å². The van der Waals surface area contributed by atoms with Crippen molar-refractivity contribution in [1.82, 2.24) is 10.6 Å². The predicted octanol–water partition coefficient (Wildman–Crippen LogP) is 3.41. The van der Waals surface area contributed by atoms with E-state index in [1.807, 2.05) is 20.8 Å². The lowest BCUT2D eigenvalue weighted by molar-refractivity contribution is -0.137. The van der Waals surface area contributed by atoms with Gasteiger partial charge in [-0.3, -0.25) is 0 Å². The molecule has 5 nitrogen and oxygen atoms in total. The molecule has 0 amide bonds. The minimum atomic E-state index is -4.34. The molecule has 0 aliphatic carbocycles. The Balaban J connectivity index is 0.00000676. The Hall–Kier alpha value is -1.07. The van der Waals surface area contributed by atoms with Gasteiger partial charge < -0.3 is 20.5 Å². The molecule has 0 spiro atoms. The molecular weight excluding hydrogens is 474 g/mol. The highest BCUT2D eigenvalue weighted by atomic mass is 127. The van der Waals surface area contributed by atoms with Crippen LogP contribution in [-0.2, 0) is 17.5 Å². The third kappa shape index (κ3) is 11.4. The number of hydrogen-bond donors (Lipinski definition) is 3. The van der Waals surface area contributed by atoms with Gasteiger partial charge >= 0.3 is 6.18 Å². The van der Waals surface area contributed by atoms with Gasteiger partial charge in [0.25, 0.3) is 0 Å². The van der Waals surface area contributed by atoms with Crippen molar-refractivity contribution in [2.24, 2.45) is 10.9 Å². The first-order valence-electron chi connectivity index (χ1n) is 8.66. The number of aliphatic hydroxyl groups excluding tert-OH is 1. The second-order valence-corrected chi connectivity index (χ2v) is 6.36. The third-order valence-corrected chi connectivity index (χ3v) is 3.31. The maximum absolute atomic E-state index is 12.6. The molecule has 0 aliphatic heterocycles. The monoisotopic (exact) mass is 503 g/mol. The van der Waals surface area contributed by atoms with E-state index in [4.69, 9.17) is 4.74 Å².